The van der Waals surface area contributed by atoms with Gasteiger partial charge in [0.2, 0.25) is 5.88 Å². The average Bonchev–Trinajstić information content (AvgIpc) is 3.50. The highest BCUT2D eigenvalue weighted by Crippen LogP contribution is 2.37. The number of piperidine rings is 1. The summed E-state index contributed by atoms with van der Waals surface area (Å²) in [4.78, 5) is 27.2. The first-order valence-corrected chi connectivity index (χ1v) is 14.9. The van der Waals surface area contributed by atoms with Crippen LogP contribution in [0.3, 0.4) is 0 Å². The van der Waals surface area contributed by atoms with E-state index in [-0.39, 0.29) is 40.2 Å². The van der Waals surface area contributed by atoms with E-state index in [1.807, 2.05) is 0 Å². The highest BCUT2D eigenvalue weighted by Gasteiger charge is 2.34. The molecule has 2 aliphatic heterocycles. The number of alkyl halides is 3. The van der Waals surface area contributed by atoms with Crippen molar-refractivity contribution in [1.82, 2.24) is 9.47 Å². The fraction of sp³-hybridized carbons (Fsp3) is 0.400. The van der Waals surface area contributed by atoms with E-state index in [4.69, 9.17) is 16.3 Å². The number of fused-ring (bicyclic) bond motifs is 1. The van der Waals surface area contributed by atoms with Gasteiger partial charge in [0, 0.05) is 36.6 Å². The third-order valence-corrected chi connectivity index (χ3v) is 8.50. The molecule has 3 aromatic rings. The summed E-state index contributed by atoms with van der Waals surface area (Å²) in [7, 11) is 0. The van der Waals surface area contributed by atoms with Crippen LogP contribution in [0.5, 0.6) is 5.88 Å². The first kappa shape index (κ1) is 30.8. The molecule has 1 amide bonds. The van der Waals surface area contributed by atoms with Gasteiger partial charge in [0.15, 0.2) is 0 Å². The van der Waals surface area contributed by atoms with Crippen molar-refractivity contribution in [2.45, 2.75) is 58.4 Å². The Balaban J connectivity index is 1.54. The molecule has 1 atom stereocenters. The Morgan fingerprint density at radius 1 is 1.19 bits per heavy atom. The smallest absolute Gasteiger partial charge is 0.416 e. The minimum absolute atomic E-state index is 0.0560. The molecule has 1 saturated heterocycles. The maximum Gasteiger partial charge on any atom is 0.416 e. The molecule has 0 radical (unpaired) electrons. The van der Waals surface area contributed by atoms with Gasteiger partial charge in [-0.15, -0.1) is 0 Å². The van der Waals surface area contributed by atoms with E-state index in [0.717, 1.165) is 23.8 Å². The number of hydrogen-bond donors (Lipinski definition) is 1. The normalized spacial score (nSPS) is 17.5. The lowest BCUT2D eigenvalue weighted by molar-refractivity contribution is -0.138. The van der Waals surface area contributed by atoms with Crippen LogP contribution >= 0.6 is 22.9 Å². The largest absolute Gasteiger partial charge is 0.493 e. The molecule has 0 spiro atoms. The molecule has 0 aliphatic carbocycles. The third-order valence-electron chi connectivity index (χ3n) is 7.24. The van der Waals surface area contributed by atoms with E-state index in [1.54, 1.807) is 43.9 Å². The third kappa shape index (κ3) is 6.96. The Morgan fingerprint density at radius 2 is 1.95 bits per heavy atom. The fourth-order valence-corrected chi connectivity index (χ4v) is 6.41. The lowest BCUT2D eigenvalue weighted by Gasteiger charge is -2.34. The molecule has 3 heterocycles. The number of aromatic hydroxyl groups is 1. The molecule has 0 saturated carbocycles. The number of likely N-dealkylation sites (tertiary alicyclic amines) is 1. The minimum atomic E-state index is -4.67. The van der Waals surface area contributed by atoms with Crippen molar-refractivity contribution >= 4 is 40.8 Å². The van der Waals surface area contributed by atoms with Gasteiger partial charge in [-0.2, -0.15) is 23.4 Å². The zero-order valence-corrected chi connectivity index (χ0v) is 25.3. The van der Waals surface area contributed by atoms with Crippen LogP contribution in [0.2, 0.25) is 5.02 Å². The highest BCUT2D eigenvalue weighted by atomic mass is 35.5. The lowest BCUT2D eigenvalue weighted by Crippen LogP contribution is -2.44. The molecule has 0 bridgehead atoms. The molecule has 13 heteroatoms. The number of carbonyl (C=O) groups is 1. The standard InChI is InChI=1S/C30H30ClF3N4O4S/c1-29(2,3)42-27(40)37-10-4-5-17(15-37)16-38-26(39)25(43-28(38)41)22(18-7-9-24-20(11-18)14-35-36-24)12-19-6-8-21(31)13-23(19)30(32,33)34/h6-9,11,13-14,17,39H,4-5,10,12,15-16H2,1-3H3/t17-/m1/s1. The van der Waals surface area contributed by atoms with Crippen LogP contribution in [0.25, 0.3) is 5.57 Å². The zero-order valence-electron chi connectivity index (χ0n) is 23.7. The van der Waals surface area contributed by atoms with Crippen molar-refractivity contribution in [3.05, 3.63) is 83.2 Å². The van der Waals surface area contributed by atoms with Crippen molar-refractivity contribution in [3.8, 4) is 5.88 Å². The molecule has 2 aromatic carbocycles. The first-order valence-electron chi connectivity index (χ1n) is 13.7. The molecule has 1 fully saturated rings. The Hall–Kier alpha value is -3.64. The zero-order chi connectivity index (χ0) is 31.1. The summed E-state index contributed by atoms with van der Waals surface area (Å²) >= 11 is 6.68. The summed E-state index contributed by atoms with van der Waals surface area (Å²) in [6.45, 7) is 6.36. The molecule has 228 valence electrons. The number of carbonyl (C=O) groups excluding carboxylic acids is 1. The number of amides is 1. The number of thiazole rings is 1. The SMILES string of the molecule is CC(C)(C)OC(=O)N1CCC[C@@H](Cn2c(O)c(C(Cc3ccc(Cl)cc3C(F)(F)F)=c3ccc4c(c3)C=NN=4)sc2=O)C1. The predicted octanol–water partition coefficient (Wildman–Crippen LogP) is 5.34. The molecule has 2 aliphatic rings. The number of ether oxygens (including phenoxy) is 1. The van der Waals surface area contributed by atoms with E-state index in [1.165, 1.54) is 22.9 Å². The van der Waals surface area contributed by atoms with Gasteiger partial charge in [-0.25, -0.2) is 4.79 Å². The Labute approximate surface area is 254 Å². The van der Waals surface area contributed by atoms with E-state index >= 15 is 0 Å². The second-order valence-electron chi connectivity index (χ2n) is 11.6. The summed E-state index contributed by atoms with van der Waals surface area (Å²) in [5.41, 5.74) is -0.601. The summed E-state index contributed by atoms with van der Waals surface area (Å²) < 4.78 is 48.8. The van der Waals surface area contributed by atoms with Crippen molar-refractivity contribution in [1.29, 1.82) is 0 Å². The number of halogens is 4. The van der Waals surface area contributed by atoms with Crippen molar-refractivity contribution < 1.29 is 27.8 Å². The quantitative estimate of drug-likeness (QED) is 0.410. The van der Waals surface area contributed by atoms with Crippen molar-refractivity contribution in [2.24, 2.45) is 16.1 Å². The van der Waals surface area contributed by atoms with Crippen LogP contribution in [-0.4, -0.2) is 45.6 Å². The number of aromatic nitrogens is 1. The van der Waals surface area contributed by atoms with Crippen molar-refractivity contribution in [3.63, 3.8) is 0 Å². The number of nitrogens with zero attached hydrogens (tertiary/aromatic N) is 4. The van der Waals surface area contributed by atoms with Gasteiger partial charge in [0.05, 0.1) is 22.0 Å². The molecule has 1 aromatic heterocycles. The van der Waals surface area contributed by atoms with Crippen molar-refractivity contribution in [2.75, 3.05) is 13.1 Å². The number of hydrogen-bond acceptors (Lipinski definition) is 7. The fourth-order valence-electron chi connectivity index (χ4n) is 5.28. The van der Waals surface area contributed by atoms with Gasteiger partial charge in [-0.3, -0.25) is 9.36 Å². The monoisotopic (exact) mass is 634 g/mol. The summed E-state index contributed by atoms with van der Waals surface area (Å²) in [5, 5.41) is 20.4. The summed E-state index contributed by atoms with van der Waals surface area (Å²) in [6.07, 6.45) is -2.38. The molecular formula is C30H30ClF3N4O4S. The van der Waals surface area contributed by atoms with E-state index in [0.29, 0.717) is 41.2 Å². The van der Waals surface area contributed by atoms with E-state index in [9.17, 15) is 27.9 Å². The van der Waals surface area contributed by atoms with Crippen LogP contribution in [0.4, 0.5) is 18.0 Å². The summed E-state index contributed by atoms with van der Waals surface area (Å²) in [5.74, 6) is -0.470. The molecule has 5 rings (SSSR count). The first-order chi connectivity index (χ1) is 20.2. The second kappa shape index (κ2) is 11.8. The number of rotatable bonds is 5. The molecule has 0 unspecified atom stereocenters. The van der Waals surface area contributed by atoms with Gasteiger partial charge < -0.3 is 14.7 Å². The Bertz CT molecular complexity index is 1780. The average molecular weight is 635 g/mol. The topological polar surface area (TPSA) is 96.5 Å². The predicted molar refractivity (Wildman–Crippen MR) is 158 cm³/mol. The Kier molecular flexibility index (Phi) is 8.45. The Morgan fingerprint density at radius 3 is 2.67 bits per heavy atom. The van der Waals surface area contributed by atoms with Crippen LogP contribution in [-0.2, 0) is 23.9 Å². The van der Waals surface area contributed by atoms with Crippen LogP contribution in [0.15, 0.2) is 51.4 Å². The van der Waals surface area contributed by atoms with Crippen LogP contribution in [0.1, 0.15) is 55.2 Å². The summed E-state index contributed by atoms with van der Waals surface area (Å²) in [6, 6.07) is 8.65. The number of benzene rings is 2. The van der Waals surface area contributed by atoms with Gasteiger partial charge >= 0.3 is 17.1 Å². The lowest BCUT2D eigenvalue weighted by atomic mass is 9.96. The second-order valence-corrected chi connectivity index (χ2v) is 13.0. The molecule has 1 N–H and O–H groups in total. The van der Waals surface area contributed by atoms with Gasteiger partial charge in [0.25, 0.3) is 0 Å². The highest BCUT2D eigenvalue weighted by molar-refractivity contribution is 7.10. The van der Waals surface area contributed by atoms with Gasteiger partial charge in [0.1, 0.15) is 5.60 Å². The molecule has 43 heavy (non-hydrogen) atoms. The van der Waals surface area contributed by atoms with Gasteiger partial charge in [-0.1, -0.05) is 35.1 Å². The van der Waals surface area contributed by atoms with Crippen LogP contribution < -0.4 is 15.4 Å². The maximum atomic E-state index is 14.0. The van der Waals surface area contributed by atoms with Gasteiger partial charge in [-0.05, 0) is 80.2 Å². The van der Waals surface area contributed by atoms with Crippen LogP contribution in [0, 0.1) is 5.92 Å². The van der Waals surface area contributed by atoms with E-state index < -0.39 is 28.3 Å². The molecular weight excluding hydrogens is 605 g/mol. The maximum absolute atomic E-state index is 14.0. The minimum Gasteiger partial charge on any atom is -0.493 e. The van der Waals surface area contributed by atoms with E-state index in [2.05, 4.69) is 10.2 Å². The molecule has 8 nitrogen and oxygen atoms in total.